The van der Waals surface area contributed by atoms with E-state index in [4.69, 9.17) is 0 Å². The number of carbonyl (C=O) groups excluding carboxylic acids is 2. The highest BCUT2D eigenvalue weighted by atomic mass is 16.2. The largest absolute Gasteiger partial charge is 0.340 e. The number of nitrogens with zero attached hydrogens (tertiary/aromatic N) is 2. The first kappa shape index (κ1) is 22.9. The van der Waals surface area contributed by atoms with Gasteiger partial charge in [0.15, 0.2) is 0 Å². The third-order valence-corrected chi connectivity index (χ3v) is 5.71. The van der Waals surface area contributed by atoms with E-state index < -0.39 is 0 Å². The lowest BCUT2D eigenvalue weighted by Crippen LogP contribution is -2.14. The second-order valence-corrected chi connectivity index (χ2v) is 8.35. The van der Waals surface area contributed by atoms with Crippen LogP contribution in [0.4, 0.5) is 5.69 Å². The van der Waals surface area contributed by atoms with Crippen LogP contribution in [0.2, 0.25) is 0 Å². The molecule has 2 aromatic carbocycles. The summed E-state index contributed by atoms with van der Waals surface area (Å²) >= 11 is 0. The fourth-order valence-electron chi connectivity index (χ4n) is 4.05. The lowest BCUT2D eigenvalue weighted by Gasteiger charge is -2.24. The van der Waals surface area contributed by atoms with Gasteiger partial charge < -0.3 is 9.88 Å². The molecular weight excluding hydrogens is 422 g/mol. The summed E-state index contributed by atoms with van der Waals surface area (Å²) in [6.45, 7) is 13.6. The van der Waals surface area contributed by atoms with Gasteiger partial charge in [0.1, 0.15) is 0 Å². The normalized spacial score (nSPS) is 11.6. The molecule has 170 valence electrons. The summed E-state index contributed by atoms with van der Waals surface area (Å²) in [6.07, 6.45) is 0. The first-order valence-corrected chi connectivity index (χ1v) is 11.2. The van der Waals surface area contributed by atoms with Crippen molar-refractivity contribution in [2.75, 3.05) is 5.32 Å². The molecule has 1 heterocycles. The maximum absolute atomic E-state index is 12.3. The van der Waals surface area contributed by atoms with Gasteiger partial charge in [-0.2, -0.15) is 0 Å². The molecule has 0 unspecified atom stereocenters. The summed E-state index contributed by atoms with van der Waals surface area (Å²) in [7, 11) is 0. The number of pyridine rings is 1. The van der Waals surface area contributed by atoms with E-state index in [1.807, 2.05) is 54.6 Å². The van der Waals surface area contributed by atoms with E-state index in [1.165, 1.54) is 0 Å². The molecule has 0 saturated heterocycles. The molecule has 2 aliphatic rings. The Morgan fingerprint density at radius 3 is 2.29 bits per heavy atom. The average molecular weight is 450 g/mol. The molecule has 0 atom stereocenters. The van der Waals surface area contributed by atoms with Crippen LogP contribution in [0.25, 0.3) is 33.3 Å². The summed E-state index contributed by atoms with van der Waals surface area (Å²) in [5.41, 5.74) is 5.65. The minimum Gasteiger partial charge on any atom is -0.340 e. The molecular formula is C29H27N3O2. The predicted molar refractivity (Wildman–Crippen MR) is 138 cm³/mol. The fourth-order valence-corrected chi connectivity index (χ4v) is 4.05. The lowest BCUT2D eigenvalue weighted by molar-refractivity contribution is -0.114. The minimum absolute atomic E-state index is 0.210. The number of anilines is 1. The van der Waals surface area contributed by atoms with Crippen molar-refractivity contribution in [3.8, 4) is 22.5 Å². The molecule has 1 N–H and O–H groups in total. The van der Waals surface area contributed by atoms with Gasteiger partial charge in [-0.1, -0.05) is 55.6 Å². The van der Waals surface area contributed by atoms with Crippen LogP contribution in [0.3, 0.4) is 0 Å². The molecule has 0 saturated carbocycles. The lowest BCUT2D eigenvalue weighted by atomic mass is 9.95. The van der Waals surface area contributed by atoms with Gasteiger partial charge >= 0.3 is 0 Å². The minimum atomic E-state index is -0.329. The maximum Gasteiger partial charge on any atom is 0.272 e. The van der Waals surface area contributed by atoms with Crippen molar-refractivity contribution in [2.24, 2.45) is 4.99 Å². The monoisotopic (exact) mass is 449 g/mol. The van der Waals surface area contributed by atoms with Gasteiger partial charge in [-0.05, 0) is 56.0 Å². The number of benzene rings is 3. The van der Waals surface area contributed by atoms with Crippen LogP contribution in [0.5, 0.6) is 0 Å². The Balaban J connectivity index is 2.08. The van der Waals surface area contributed by atoms with Gasteiger partial charge in [0.05, 0.1) is 16.7 Å². The number of carbonyl (C=O) groups is 2. The van der Waals surface area contributed by atoms with Crippen LogP contribution in [0.1, 0.15) is 20.8 Å². The van der Waals surface area contributed by atoms with Gasteiger partial charge in [0.2, 0.25) is 0 Å². The van der Waals surface area contributed by atoms with E-state index in [9.17, 15) is 9.59 Å². The summed E-state index contributed by atoms with van der Waals surface area (Å²) < 4.78 is 2.22. The van der Waals surface area contributed by atoms with Gasteiger partial charge in [-0.3, -0.25) is 9.59 Å². The van der Waals surface area contributed by atoms with Crippen molar-refractivity contribution in [1.29, 1.82) is 0 Å². The Kier molecular flexibility index (Phi) is 6.28. The Labute approximate surface area is 199 Å². The van der Waals surface area contributed by atoms with Crippen LogP contribution in [-0.4, -0.2) is 16.4 Å². The standard InChI is InChI=1S/C29H27N3O2/c1-6-32-26-17-22(31-29(34)19(4)5)13-15-24(26)23-14-12-21(30-28(33)18(2)3)16-25(23)27(32)20-10-8-7-9-11-20/h7-17H,2,4,6H2,1,3,5H3,(H,30,33). The highest BCUT2D eigenvalue weighted by molar-refractivity contribution is 6.08. The third kappa shape index (κ3) is 4.33. The van der Waals surface area contributed by atoms with Crippen LogP contribution >= 0.6 is 0 Å². The zero-order chi connectivity index (χ0) is 24.4. The molecule has 0 bridgehead atoms. The van der Waals surface area contributed by atoms with Gasteiger partial charge in [-0.15, -0.1) is 0 Å². The number of aromatic nitrogens is 1. The highest BCUT2D eigenvalue weighted by Gasteiger charge is 2.19. The average Bonchev–Trinajstić information content (AvgIpc) is 2.83. The number of amides is 2. The predicted octanol–water partition coefficient (Wildman–Crippen LogP) is 5.95. The van der Waals surface area contributed by atoms with Crippen LogP contribution < -0.4 is 10.7 Å². The molecule has 0 spiro atoms. The zero-order valence-corrected chi connectivity index (χ0v) is 19.7. The second-order valence-electron chi connectivity index (χ2n) is 8.35. The second kappa shape index (κ2) is 9.32. The number of fused-ring (bicyclic) bond motifs is 3. The molecule has 1 aliphatic heterocycles. The molecule has 2 amide bonds. The van der Waals surface area contributed by atoms with Crippen molar-refractivity contribution >= 4 is 28.3 Å². The summed E-state index contributed by atoms with van der Waals surface area (Å²) in [4.78, 5) is 28.6. The van der Waals surface area contributed by atoms with Crippen molar-refractivity contribution in [2.45, 2.75) is 27.3 Å². The molecule has 0 fully saturated rings. The Morgan fingerprint density at radius 2 is 1.65 bits per heavy atom. The Hall–Kier alpha value is -4.25. The molecule has 5 nitrogen and oxygen atoms in total. The van der Waals surface area contributed by atoms with Gasteiger partial charge in [0.25, 0.3) is 11.8 Å². The summed E-state index contributed by atoms with van der Waals surface area (Å²) in [5, 5.41) is 5.58. The molecule has 1 aliphatic carbocycles. The maximum atomic E-state index is 12.3. The van der Waals surface area contributed by atoms with Crippen molar-refractivity contribution in [3.63, 3.8) is 0 Å². The van der Waals surface area contributed by atoms with Crippen molar-refractivity contribution in [1.82, 2.24) is 4.57 Å². The van der Waals surface area contributed by atoms with E-state index in [0.717, 1.165) is 33.3 Å². The molecule has 4 rings (SSSR count). The Morgan fingerprint density at radius 1 is 0.912 bits per heavy atom. The zero-order valence-electron chi connectivity index (χ0n) is 19.7. The number of rotatable bonds is 5. The van der Waals surface area contributed by atoms with Crippen LogP contribution in [0, 0.1) is 0 Å². The SMILES string of the molecule is C=C(C)C(=O)N=c1ccc2c3ccc(NC(=O)C(=C)C)cc3c(-c3ccccc3)n(CC)c-2c1. The van der Waals surface area contributed by atoms with E-state index in [-0.39, 0.29) is 11.8 Å². The number of hydrogen-bond donors (Lipinski definition) is 1. The quantitative estimate of drug-likeness (QED) is 0.302. The van der Waals surface area contributed by atoms with E-state index in [1.54, 1.807) is 13.8 Å². The Bertz CT molecular complexity index is 1490. The molecule has 34 heavy (non-hydrogen) atoms. The molecule has 0 radical (unpaired) electrons. The van der Waals surface area contributed by atoms with Gasteiger partial charge in [0, 0.05) is 34.3 Å². The number of nitrogens with one attached hydrogen (secondary N) is 1. The first-order valence-electron chi connectivity index (χ1n) is 11.2. The third-order valence-electron chi connectivity index (χ3n) is 5.71. The summed E-state index contributed by atoms with van der Waals surface area (Å²) in [5.74, 6) is -0.539. The van der Waals surface area contributed by atoms with E-state index >= 15 is 0 Å². The van der Waals surface area contributed by atoms with Crippen molar-refractivity contribution in [3.05, 3.63) is 96.4 Å². The van der Waals surface area contributed by atoms with Crippen molar-refractivity contribution < 1.29 is 9.59 Å². The van der Waals surface area contributed by atoms with Crippen LogP contribution in [0.15, 0.2) is 96.0 Å². The highest BCUT2D eigenvalue weighted by Crippen LogP contribution is 2.39. The van der Waals surface area contributed by atoms with Gasteiger partial charge in [-0.25, -0.2) is 4.99 Å². The molecule has 0 aromatic heterocycles. The number of hydrogen-bond acceptors (Lipinski definition) is 2. The van der Waals surface area contributed by atoms with E-state index in [0.29, 0.717) is 28.7 Å². The fraction of sp³-hybridized carbons (Fsp3) is 0.138. The topological polar surface area (TPSA) is 63.5 Å². The first-order chi connectivity index (χ1) is 16.3. The van der Waals surface area contributed by atoms with Crippen LogP contribution in [-0.2, 0) is 16.1 Å². The smallest absolute Gasteiger partial charge is 0.272 e. The molecule has 2 aromatic rings. The molecule has 5 heteroatoms. The van der Waals surface area contributed by atoms with E-state index in [2.05, 4.69) is 47.1 Å². The summed E-state index contributed by atoms with van der Waals surface area (Å²) in [6, 6.07) is 21.9.